The molecule has 0 spiro atoms. The Kier molecular flexibility index (Phi) is 11.9. The van der Waals surface area contributed by atoms with Crippen molar-refractivity contribution in [3.05, 3.63) is 77.1 Å². The number of nitrogens with zero attached hydrogens (tertiary/aromatic N) is 2. The molecule has 4 aromatic rings. The Morgan fingerprint density at radius 3 is 2.32 bits per heavy atom. The molecule has 8 nitrogen and oxygen atoms in total. The zero-order valence-corrected chi connectivity index (χ0v) is 27.1. The molecule has 1 heterocycles. The second kappa shape index (κ2) is 16.0. The first-order valence-electron chi connectivity index (χ1n) is 15.6. The number of imidazole rings is 1. The molecule has 44 heavy (non-hydrogen) atoms. The Morgan fingerprint density at radius 2 is 1.61 bits per heavy atom. The van der Waals surface area contributed by atoms with Crippen LogP contribution in [0.15, 0.2) is 54.6 Å². The van der Waals surface area contributed by atoms with Crippen LogP contribution in [0.5, 0.6) is 23.0 Å². The van der Waals surface area contributed by atoms with Crippen molar-refractivity contribution in [2.24, 2.45) is 0 Å². The Labute approximate surface area is 261 Å². The van der Waals surface area contributed by atoms with E-state index in [9.17, 15) is 4.79 Å². The number of hydrogen-bond acceptors (Lipinski definition) is 6. The molecular formula is C36H47N3O5. The van der Waals surface area contributed by atoms with E-state index in [1.165, 1.54) is 30.9 Å². The van der Waals surface area contributed by atoms with Crippen LogP contribution in [0.1, 0.15) is 79.2 Å². The molecule has 0 aliphatic rings. The number of hydrogen-bond donors (Lipinski definition) is 1. The van der Waals surface area contributed by atoms with Gasteiger partial charge in [0.25, 0.3) is 5.91 Å². The van der Waals surface area contributed by atoms with Crippen molar-refractivity contribution in [2.45, 2.75) is 71.8 Å². The van der Waals surface area contributed by atoms with E-state index in [0.717, 1.165) is 62.2 Å². The van der Waals surface area contributed by atoms with Crippen LogP contribution in [-0.2, 0) is 13.0 Å². The lowest BCUT2D eigenvalue weighted by molar-refractivity contribution is 0.0952. The van der Waals surface area contributed by atoms with Gasteiger partial charge in [0.15, 0.2) is 11.5 Å². The van der Waals surface area contributed by atoms with Crippen LogP contribution >= 0.6 is 0 Å². The van der Waals surface area contributed by atoms with Crippen LogP contribution in [0.2, 0.25) is 0 Å². The normalized spacial score (nSPS) is 11.2. The Balaban J connectivity index is 1.25. The molecule has 0 saturated carbocycles. The largest absolute Gasteiger partial charge is 0.493 e. The summed E-state index contributed by atoms with van der Waals surface area (Å²) in [6.07, 6.45) is 5.75. The van der Waals surface area contributed by atoms with Gasteiger partial charge in [0.05, 0.1) is 39.0 Å². The molecule has 0 radical (unpaired) electrons. The predicted molar refractivity (Wildman–Crippen MR) is 176 cm³/mol. The molecule has 0 atom stereocenters. The average Bonchev–Trinajstić information content (AvgIpc) is 3.38. The topological polar surface area (TPSA) is 83.8 Å². The lowest BCUT2D eigenvalue weighted by atomic mass is 10.0. The smallest absolute Gasteiger partial charge is 0.251 e. The minimum atomic E-state index is -0.169. The number of rotatable bonds is 17. The molecule has 0 bridgehead atoms. The fourth-order valence-electron chi connectivity index (χ4n) is 5.46. The zero-order chi connectivity index (χ0) is 31.5. The summed E-state index contributed by atoms with van der Waals surface area (Å²) in [6.45, 7) is 8.72. The van der Waals surface area contributed by atoms with Gasteiger partial charge < -0.3 is 28.8 Å². The van der Waals surface area contributed by atoms with Crippen molar-refractivity contribution >= 4 is 16.9 Å². The molecular weight excluding hydrogens is 554 g/mol. The zero-order valence-electron chi connectivity index (χ0n) is 27.1. The summed E-state index contributed by atoms with van der Waals surface area (Å²) >= 11 is 0. The van der Waals surface area contributed by atoms with Gasteiger partial charge >= 0.3 is 0 Å². The first-order valence-corrected chi connectivity index (χ1v) is 15.6. The third-order valence-electron chi connectivity index (χ3n) is 7.85. The number of aromatic nitrogens is 2. The van der Waals surface area contributed by atoms with E-state index in [2.05, 4.69) is 67.1 Å². The average molecular weight is 602 g/mol. The molecule has 3 aromatic carbocycles. The van der Waals surface area contributed by atoms with Crippen LogP contribution in [0.25, 0.3) is 11.0 Å². The monoisotopic (exact) mass is 601 g/mol. The van der Waals surface area contributed by atoms with Crippen LogP contribution in [-0.4, -0.2) is 49.9 Å². The molecule has 0 aliphatic heterocycles. The van der Waals surface area contributed by atoms with E-state index in [4.69, 9.17) is 23.9 Å². The van der Waals surface area contributed by atoms with Crippen LogP contribution in [0.3, 0.4) is 0 Å². The first kappa shape index (κ1) is 32.7. The van der Waals surface area contributed by atoms with Crippen molar-refractivity contribution in [3.8, 4) is 23.0 Å². The molecule has 0 fully saturated rings. The molecule has 8 heteroatoms. The van der Waals surface area contributed by atoms with Crippen molar-refractivity contribution in [1.29, 1.82) is 0 Å². The fraction of sp³-hybridized carbons (Fsp3) is 0.444. The summed E-state index contributed by atoms with van der Waals surface area (Å²) in [4.78, 5) is 17.7. The number of unbranched alkanes of at least 4 members (excludes halogenated alkanes) is 3. The Morgan fingerprint density at radius 1 is 0.864 bits per heavy atom. The maximum absolute atomic E-state index is 12.8. The predicted octanol–water partition coefficient (Wildman–Crippen LogP) is 7.50. The lowest BCUT2D eigenvalue weighted by Crippen LogP contribution is -2.24. The number of nitrogens with one attached hydrogen (secondary N) is 1. The number of ether oxygens (including phenoxy) is 4. The maximum atomic E-state index is 12.8. The number of para-hydroxylation sites is 2. The maximum Gasteiger partial charge on any atom is 0.251 e. The molecule has 0 aliphatic carbocycles. The highest BCUT2D eigenvalue weighted by atomic mass is 16.5. The lowest BCUT2D eigenvalue weighted by Gasteiger charge is -2.15. The number of aryl methyl sites for hydroxylation is 3. The number of methoxy groups -OCH3 is 3. The Bertz CT molecular complexity index is 1500. The standard InChI is InChI=1S/C36H47N3O5/c1-25(2)28-18-17-26(3)22-31(28)44-21-13-12-20-39-30-15-10-9-14-29(30)38-34(39)16-8-7-11-19-37-36(40)27-23-32(41-4)35(43-6)33(24-27)42-5/h9-10,14-15,17-18,22-25H,7-8,11-13,16,19-21H2,1-6H3,(H,37,40). The summed E-state index contributed by atoms with van der Waals surface area (Å²) < 4.78 is 24.7. The summed E-state index contributed by atoms with van der Waals surface area (Å²) in [7, 11) is 4.62. The highest BCUT2D eigenvalue weighted by molar-refractivity contribution is 5.95. The summed E-state index contributed by atoms with van der Waals surface area (Å²) in [5.41, 5.74) is 5.18. The summed E-state index contributed by atoms with van der Waals surface area (Å²) in [6, 6.07) is 18.2. The SMILES string of the molecule is COc1cc(C(=O)NCCCCCc2nc3ccccc3n2CCCCOc2cc(C)ccc2C(C)C)cc(OC)c1OC. The van der Waals surface area contributed by atoms with Crippen LogP contribution in [0.4, 0.5) is 0 Å². The summed E-state index contributed by atoms with van der Waals surface area (Å²) in [5.74, 6) is 3.77. The quantitative estimate of drug-likeness (QED) is 0.126. The van der Waals surface area contributed by atoms with E-state index in [1.54, 1.807) is 19.2 Å². The highest BCUT2D eigenvalue weighted by Gasteiger charge is 2.17. The van der Waals surface area contributed by atoms with E-state index in [0.29, 0.717) is 41.9 Å². The fourth-order valence-corrected chi connectivity index (χ4v) is 5.46. The van der Waals surface area contributed by atoms with Gasteiger partial charge in [-0.25, -0.2) is 4.98 Å². The minimum Gasteiger partial charge on any atom is -0.493 e. The third kappa shape index (κ3) is 8.24. The third-order valence-corrected chi connectivity index (χ3v) is 7.85. The molecule has 236 valence electrons. The number of fused-ring (bicyclic) bond motifs is 1. The summed E-state index contributed by atoms with van der Waals surface area (Å²) in [5, 5.41) is 3.01. The van der Waals surface area contributed by atoms with Crippen molar-refractivity contribution < 1.29 is 23.7 Å². The second-order valence-electron chi connectivity index (χ2n) is 11.4. The molecule has 0 saturated heterocycles. The van der Waals surface area contributed by atoms with Crippen molar-refractivity contribution in [2.75, 3.05) is 34.5 Å². The number of amides is 1. The van der Waals surface area contributed by atoms with Gasteiger partial charge in [0.2, 0.25) is 5.75 Å². The van der Waals surface area contributed by atoms with Gasteiger partial charge in [-0.1, -0.05) is 44.5 Å². The first-order chi connectivity index (χ1) is 21.4. The molecule has 0 unspecified atom stereocenters. The second-order valence-corrected chi connectivity index (χ2v) is 11.4. The van der Waals surface area contributed by atoms with Crippen molar-refractivity contribution in [1.82, 2.24) is 14.9 Å². The van der Waals surface area contributed by atoms with Gasteiger partial charge in [-0.3, -0.25) is 4.79 Å². The minimum absolute atomic E-state index is 0.169. The molecule has 1 amide bonds. The number of carbonyl (C=O) groups is 1. The van der Waals surface area contributed by atoms with Crippen molar-refractivity contribution in [3.63, 3.8) is 0 Å². The molecule has 1 N–H and O–H groups in total. The van der Waals surface area contributed by atoms with Gasteiger partial charge in [-0.2, -0.15) is 0 Å². The van der Waals surface area contributed by atoms with Gasteiger partial charge in [0, 0.05) is 25.1 Å². The van der Waals surface area contributed by atoms with E-state index < -0.39 is 0 Å². The van der Waals surface area contributed by atoms with E-state index in [1.807, 2.05) is 6.07 Å². The highest BCUT2D eigenvalue weighted by Crippen LogP contribution is 2.38. The van der Waals surface area contributed by atoms with Crippen LogP contribution in [0, 0.1) is 6.92 Å². The van der Waals surface area contributed by atoms with Gasteiger partial charge in [-0.05, 0) is 80.0 Å². The Hall–Kier alpha value is -4.20. The molecule has 1 aromatic heterocycles. The van der Waals surface area contributed by atoms with E-state index >= 15 is 0 Å². The number of benzene rings is 3. The van der Waals surface area contributed by atoms with Gasteiger partial charge in [0.1, 0.15) is 11.6 Å². The van der Waals surface area contributed by atoms with Crippen LogP contribution < -0.4 is 24.3 Å². The van der Waals surface area contributed by atoms with E-state index in [-0.39, 0.29) is 5.91 Å². The number of carbonyl (C=O) groups excluding carboxylic acids is 1. The molecule has 4 rings (SSSR count). The van der Waals surface area contributed by atoms with Gasteiger partial charge in [-0.15, -0.1) is 0 Å².